The number of ether oxygens (including phenoxy) is 3. The highest BCUT2D eigenvalue weighted by atomic mass is 16.5. The van der Waals surface area contributed by atoms with Gasteiger partial charge in [-0.2, -0.15) is 0 Å². The summed E-state index contributed by atoms with van der Waals surface area (Å²) in [5.41, 5.74) is 2.67. The average Bonchev–Trinajstić information content (AvgIpc) is 2.73. The Bertz CT molecular complexity index is 895. The van der Waals surface area contributed by atoms with Crippen LogP contribution in [0.5, 0.6) is 17.2 Å². The molecule has 29 heavy (non-hydrogen) atoms. The van der Waals surface area contributed by atoms with Gasteiger partial charge in [-0.25, -0.2) is 4.79 Å². The van der Waals surface area contributed by atoms with Crippen LogP contribution in [-0.2, 0) is 6.42 Å². The summed E-state index contributed by atoms with van der Waals surface area (Å²) in [5.74, 6) is 1.81. The molecule has 0 saturated heterocycles. The predicted molar refractivity (Wildman–Crippen MR) is 109 cm³/mol. The summed E-state index contributed by atoms with van der Waals surface area (Å²) in [6.07, 6.45) is 3.29. The molecule has 1 heterocycles. The molecule has 2 N–H and O–H groups in total. The number of hydrogen-bond acceptors (Lipinski definition) is 5. The number of hydrogen-bond donors (Lipinski definition) is 2. The number of benzene rings is 2. The highest BCUT2D eigenvalue weighted by Gasteiger charge is 2.29. The summed E-state index contributed by atoms with van der Waals surface area (Å²) >= 11 is 0. The van der Waals surface area contributed by atoms with Gasteiger partial charge in [-0.3, -0.25) is 4.90 Å². The van der Waals surface area contributed by atoms with Crippen molar-refractivity contribution in [2.24, 2.45) is 0 Å². The highest BCUT2D eigenvalue weighted by Crippen LogP contribution is 2.40. The molecule has 154 valence electrons. The van der Waals surface area contributed by atoms with E-state index in [9.17, 15) is 9.90 Å². The van der Waals surface area contributed by atoms with Crippen LogP contribution < -0.4 is 14.2 Å². The molecule has 1 amide bonds. The molecule has 1 unspecified atom stereocenters. The number of rotatable bonds is 8. The summed E-state index contributed by atoms with van der Waals surface area (Å²) < 4.78 is 16.5. The van der Waals surface area contributed by atoms with Gasteiger partial charge in [-0.15, -0.1) is 0 Å². The lowest BCUT2D eigenvalue weighted by molar-refractivity contribution is 0.147. The number of carboxylic acid groups (broad SMARTS) is 1. The minimum absolute atomic E-state index is 0.0450. The molecule has 0 aromatic heterocycles. The number of aliphatic hydroxyl groups excluding tert-OH is 1. The molecule has 0 spiro atoms. The maximum absolute atomic E-state index is 11.9. The molecule has 7 nitrogen and oxygen atoms in total. The van der Waals surface area contributed by atoms with E-state index < -0.39 is 12.1 Å². The van der Waals surface area contributed by atoms with Gasteiger partial charge in [0.05, 0.1) is 26.9 Å². The van der Waals surface area contributed by atoms with E-state index in [0.717, 1.165) is 22.4 Å². The van der Waals surface area contributed by atoms with E-state index in [4.69, 9.17) is 19.3 Å². The zero-order valence-electron chi connectivity index (χ0n) is 16.5. The number of methoxy groups -OCH3 is 2. The number of carbonyl (C=O) groups is 1. The summed E-state index contributed by atoms with van der Waals surface area (Å²) in [7, 11) is 3.15. The van der Waals surface area contributed by atoms with Gasteiger partial charge in [0.15, 0.2) is 11.5 Å². The highest BCUT2D eigenvalue weighted by molar-refractivity contribution is 5.73. The van der Waals surface area contributed by atoms with Crippen LogP contribution in [0.4, 0.5) is 4.79 Å². The Labute approximate surface area is 169 Å². The zero-order chi connectivity index (χ0) is 20.8. The summed E-state index contributed by atoms with van der Waals surface area (Å²) in [4.78, 5) is 13.2. The molecule has 0 radical (unpaired) electrons. The normalized spacial score (nSPS) is 15.0. The minimum Gasteiger partial charge on any atom is -0.497 e. The first-order valence-corrected chi connectivity index (χ1v) is 9.35. The van der Waals surface area contributed by atoms with E-state index in [-0.39, 0.29) is 6.61 Å². The molecule has 0 fully saturated rings. The van der Waals surface area contributed by atoms with E-state index in [0.29, 0.717) is 30.9 Å². The van der Waals surface area contributed by atoms with Crippen LogP contribution in [0.1, 0.15) is 29.2 Å². The van der Waals surface area contributed by atoms with Crippen molar-refractivity contribution in [1.82, 2.24) is 4.90 Å². The van der Waals surface area contributed by atoms with Gasteiger partial charge in [0.2, 0.25) is 0 Å². The van der Waals surface area contributed by atoms with Crippen LogP contribution in [0.2, 0.25) is 0 Å². The zero-order valence-corrected chi connectivity index (χ0v) is 16.5. The van der Waals surface area contributed by atoms with Crippen molar-refractivity contribution >= 4 is 12.2 Å². The van der Waals surface area contributed by atoms with Gasteiger partial charge in [-0.1, -0.05) is 12.1 Å². The van der Waals surface area contributed by atoms with Crippen molar-refractivity contribution in [1.29, 1.82) is 0 Å². The Morgan fingerprint density at radius 1 is 1.14 bits per heavy atom. The predicted octanol–water partition coefficient (Wildman–Crippen LogP) is 3.71. The summed E-state index contributed by atoms with van der Waals surface area (Å²) in [6, 6.07) is 10.9. The molecule has 7 heteroatoms. The van der Waals surface area contributed by atoms with Crippen LogP contribution in [0.15, 0.2) is 42.6 Å². The fourth-order valence-corrected chi connectivity index (χ4v) is 3.39. The molecule has 1 aliphatic rings. The van der Waals surface area contributed by atoms with E-state index in [2.05, 4.69) is 0 Å². The lowest BCUT2D eigenvalue weighted by Gasteiger charge is -2.32. The van der Waals surface area contributed by atoms with Gasteiger partial charge in [0.25, 0.3) is 0 Å². The topological polar surface area (TPSA) is 88.5 Å². The molecular formula is C22H25NO6. The Balaban J connectivity index is 1.98. The maximum Gasteiger partial charge on any atom is 0.411 e. The number of fused-ring (bicyclic) bond motifs is 1. The minimum atomic E-state index is -1.03. The first-order valence-electron chi connectivity index (χ1n) is 9.35. The van der Waals surface area contributed by atoms with Gasteiger partial charge in [0, 0.05) is 19.2 Å². The van der Waals surface area contributed by atoms with E-state index in [1.807, 2.05) is 36.4 Å². The quantitative estimate of drug-likeness (QED) is 0.658. The Morgan fingerprint density at radius 2 is 1.97 bits per heavy atom. The van der Waals surface area contributed by atoms with Crippen molar-refractivity contribution in [2.45, 2.75) is 18.9 Å². The molecule has 0 saturated carbocycles. The number of nitrogens with zero attached hydrogens (tertiary/aromatic N) is 1. The van der Waals surface area contributed by atoms with Crippen molar-refractivity contribution in [3.8, 4) is 17.2 Å². The Kier molecular flexibility index (Phi) is 6.61. The Hall–Kier alpha value is -3.19. The maximum atomic E-state index is 11.9. The van der Waals surface area contributed by atoms with Crippen LogP contribution in [0.25, 0.3) is 6.08 Å². The Morgan fingerprint density at radius 3 is 2.66 bits per heavy atom. The second-order valence-electron chi connectivity index (χ2n) is 6.63. The third kappa shape index (κ3) is 4.63. The smallest absolute Gasteiger partial charge is 0.411 e. The standard InChI is InChI=1S/C22H25NO6/c1-27-17-6-3-5-15(11-17)12-19-18-14-20(28-2)21(29-10-4-9-24)13-16(18)7-8-23(19)22(25)26/h3,5-8,11,13-14,19,24H,4,9-10,12H2,1-2H3,(H,25,26). The first kappa shape index (κ1) is 20.5. The van der Waals surface area contributed by atoms with Gasteiger partial charge < -0.3 is 24.4 Å². The first-order chi connectivity index (χ1) is 14.1. The SMILES string of the molecule is COc1cccc(CC2c3cc(OC)c(OCCCO)cc3C=CN2C(=O)O)c1. The molecule has 2 aromatic carbocycles. The largest absolute Gasteiger partial charge is 0.497 e. The van der Waals surface area contributed by atoms with Crippen LogP contribution in [0.3, 0.4) is 0 Å². The van der Waals surface area contributed by atoms with Crippen molar-refractivity contribution in [2.75, 3.05) is 27.4 Å². The van der Waals surface area contributed by atoms with Gasteiger partial charge in [-0.05, 0) is 53.5 Å². The molecule has 2 aromatic rings. The molecule has 1 atom stereocenters. The average molecular weight is 399 g/mol. The molecule has 1 aliphatic heterocycles. The number of amides is 1. The second-order valence-corrected chi connectivity index (χ2v) is 6.63. The van der Waals surface area contributed by atoms with Crippen LogP contribution >= 0.6 is 0 Å². The fourth-order valence-electron chi connectivity index (χ4n) is 3.39. The molecule has 0 bridgehead atoms. The van der Waals surface area contributed by atoms with E-state index in [1.165, 1.54) is 4.90 Å². The van der Waals surface area contributed by atoms with Gasteiger partial charge in [0.1, 0.15) is 5.75 Å². The second kappa shape index (κ2) is 9.34. The van der Waals surface area contributed by atoms with Gasteiger partial charge >= 0.3 is 6.09 Å². The van der Waals surface area contributed by atoms with Crippen LogP contribution in [0, 0.1) is 0 Å². The van der Waals surface area contributed by atoms with E-state index in [1.54, 1.807) is 26.5 Å². The summed E-state index contributed by atoms with van der Waals surface area (Å²) in [6.45, 7) is 0.410. The van der Waals surface area contributed by atoms with Crippen molar-refractivity contribution < 1.29 is 29.2 Å². The molecule has 3 rings (SSSR count). The lowest BCUT2D eigenvalue weighted by atomic mass is 9.91. The number of aliphatic hydroxyl groups is 1. The van der Waals surface area contributed by atoms with E-state index >= 15 is 0 Å². The molecular weight excluding hydrogens is 374 g/mol. The fraction of sp³-hybridized carbons (Fsp3) is 0.318. The van der Waals surface area contributed by atoms with Crippen LogP contribution in [-0.4, -0.2) is 48.6 Å². The third-order valence-corrected chi connectivity index (χ3v) is 4.82. The molecule has 0 aliphatic carbocycles. The summed E-state index contributed by atoms with van der Waals surface area (Å²) in [5, 5.41) is 18.7. The third-order valence-electron chi connectivity index (χ3n) is 4.82. The monoisotopic (exact) mass is 399 g/mol. The van der Waals surface area contributed by atoms with Crippen molar-refractivity contribution in [3.63, 3.8) is 0 Å². The lowest BCUT2D eigenvalue weighted by Crippen LogP contribution is -2.32. The van der Waals surface area contributed by atoms with Crippen molar-refractivity contribution in [3.05, 3.63) is 59.3 Å².